The number of anilines is 1. The van der Waals surface area contributed by atoms with Crippen LogP contribution in [-0.2, 0) is 4.74 Å². The van der Waals surface area contributed by atoms with Crippen molar-refractivity contribution < 1.29 is 17.9 Å². The number of methoxy groups -OCH3 is 1. The van der Waals surface area contributed by atoms with Crippen molar-refractivity contribution in [2.24, 2.45) is 5.10 Å². The smallest absolute Gasteiger partial charge is 0.155 e. The van der Waals surface area contributed by atoms with Gasteiger partial charge < -0.3 is 4.74 Å². The number of hydrazone groups is 1. The number of hydrogen-bond acceptors (Lipinski definition) is 4. The second-order valence-electron chi connectivity index (χ2n) is 6.89. The molecule has 2 aliphatic rings. The van der Waals surface area contributed by atoms with Crippen LogP contribution in [0.25, 0.3) is 0 Å². The van der Waals surface area contributed by atoms with Crippen molar-refractivity contribution in [3.05, 3.63) is 99.7 Å². The molecule has 0 bridgehead atoms. The summed E-state index contributed by atoms with van der Waals surface area (Å²) in [5, 5.41) is 8.24. The lowest BCUT2D eigenvalue weighted by Gasteiger charge is -2.29. The van der Waals surface area contributed by atoms with Crippen molar-refractivity contribution in [2.45, 2.75) is 25.3 Å². The summed E-state index contributed by atoms with van der Waals surface area (Å²) in [4.78, 5) is 1.02. The van der Waals surface area contributed by atoms with Gasteiger partial charge in [0, 0.05) is 10.9 Å². The molecule has 3 nitrogen and oxygen atoms in total. The van der Waals surface area contributed by atoms with Gasteiger partial charge in [-0.3, -0.25) is 0 Å². The summed E-state index contributed by atoms with van der Waals surface area (Å²) < 4.78 is 47.2. The molecule has 1 aliphatic carbocycles. The summed E-state index contributed by atoms with van der Waals surface area (Å²) in [7, 11) is 1.56. The van der Waals surface area contributed by atoms with Crippen molar-refractivity contribution in [3.8, 4) is 0 Å². The first-order valence-electron chi connectivity index (χ1n) is 9.95. The van der Waals surface area contributed by atoms with Crippen LogP contribution in [0.4, 0.5) is 18.9 Å². The normalized spacial score (nSPS) is 21.4. The highest BCUT2D eigenvalue weighted by Crippen LogP contribution is 2.58. The molecule has 1 aromatic heterocycles. The number of nitrogens with zero attached hydrogens (tertiary/aromatic N) is 2. The van der Waals surface area contributed by atoms with E-state index in [1.807, 2.05) is 37.4 Å². The predicted molar refractivity (Wildman–Crippen MR) is 118 cm³/mol. The Morgan fingerprint density at radius 1 is 1.00 bits per heavy atom. The first kappa shape index (κ1) is 21.2. The van der Waals surface area contributed by atoms with Gasteiger partial charge in [0.2, 0.25) is 0 Å². The lowest BCUT2D eigenvalue weighted by Crippen LogP contribution is -2.38. The second kappa shape index (κ2) is 8.23. The Hall–Kier alpha value is -3.06. The topological polar surface area (TPSA) is 24.8 Å². The van der Waals surface area contributed by atoms with Gasteiger partial charge in [-0.15, -0.1) is 11.3 Å². The third-order valence-electron chi connectivity index (χ3n) is 5.26. The van der Waals surface area contributed by atoms with Crippen LogP contribution in [0, 0.1) is 17.5 Å². The summed E-state index contributed by atoms with van der Waals surface area (Å²) in [6, 6.07) is 13.4. The Morgan fingerprint density at radius 3 is 2.29 bits per heavy atom. The Bertz CT molecular complexity index is 1140. The number of hydrogen-bond donors (Lipinski definition) is 0. The van der Waals surface area contributed by atoms with E-state index in [9.17, 15) is 13.2 Å². The summed E-state index contributed by atoms with van der Waals surface area (Å²) in [5.74, 6) is -1.34. The highest BCUT2D eigenvalue weighted by atomic mass is 32.1. The molecule has 31 heavy (non-hydrogen) atoms. The molecule has 0 amide bonds. The number of benzene rings is 2. The van der Waals surface area contributed by atoms with Crippen LogP contribution in [0.3, 0.4) is 0 Å². The molecule has 0 N–H and O–H groups in total. The molecule has 2 atom stereocenters. The summed E-state index contributed by atoms with van der Waals surface area (Å²) in [6.45, 7) is 4.00. The Balaban J connectivity index is 0.00000112. The van der Waals surface area contributed by atoms with E-state index in [1.54, 1.807) is 35.6 Å². The van der Waals surface area contributed by atoms with Gasteiger partial charge >= 0.3 is 0 Å². The van der Waals surface area contributed by atoms with Crippen molar-refractivity contribution in [3.63, 3.8) is 0 Å². The molecule has 160 valence electrons. The number of thiophene rings is 1. The van der Waals surface area contributed by atoms with Gasteiger partial charge in [-0.05, 0) is 47.4 Å². The Morgan fingerprint density at radius 2 is 1.71 bits per heavy atom. The fourth-order valence-electron chi connectivity index (χ4n) is 3.91. The molecule has 7 heteroatoms. The van der Waals surface area contributed by atoms with Gasteiger partial charge in [-0.1, -0.05) is 32.0 Å². The standard InChI is InChI=1S/C22H15F3N2OS.C2H6/c1-28-19-12-22(19)20(18-3-2-10-29-18)21(13-4-6-14(23)7-5-13)26-27(22)17-9-8-15(24)11-16(17)25;1-2/h2-12,20H,1H3;1-2H3. The zero-order valence-electron chi connectivity index (χ0n) is 17.3. The molecule has 1 spiro atoms. The van der Waals surface area contributed by atoms with E-state index in [0.717, 1.165) is 16.5 Å². The molecule has 0 saturated heterocycles. The maximum Gasteiger partial charge on any atom is 0.155 e. The van der Waals surface area contributed by atoms with Crippen LogP contribution in [0.5, 0.6) is 0 Å². The van der Waals surface area contributed by atoms with Crippen molar-refractivity contribution in [1.29, 1.82) is 0 Å². The zero-order chi connectivity index (χ0) is 22.2. The van der Waals surface area contributed by atoms with Gasteiger partial charge in [-0.2, -0.15) is 5.10 Å². The summed E-state index contributed by atoms with van der Waals surface area (Å²) in [5.41, 5.74) is 0.722. The van der Waals surface area contributed by atoms with E-state index in [0.29, 0.717) is 11.5 Å². The quantitative estimate of drug-likeness (QED) is 0.462. The molecule has 2 heterocycles. The van der Waals surface area contributed by atoms with Crippen molar-refractivity contribution in [1.82, 2.24) is 0 Å². The first-order chi connectivity index (χ1) is 15.0. The number of rotatable bonds is 4. The number of ether oxygens (including phenoxy) is 1. The molecular weight excluding hydrogens is 421 g/mol. The van der Waals surface area contributed by atoms with Crippen LogP contribution < -0.4 is 5.01 Å². The van der Waals surface area contributed by atoms with Crippen LogP contribution in [0.1, 0.15) is 30.2 Å². The number of halogens is 3. The van der Waals surface area contributed by atoms with Crippen LogP contribution in [0.2, 0.25) is 0 Å². The average molecular weight is 443 g/mol. The Labute approximate surface area is 183 Å². The van der Waals surface area contributed by atoms with Crippen LogP contribution in [0.15, 0.2) is 76.9 Å². The van der Waals surface area contributed by atoms with E-state index in [2.05, 4.69) is 0 Å². The third-order valence-corrected chi connectivity index (χ3v) is 6.20. The second-order valence-corrected chi connectivity index (χ2v) is 7.87. The maximum atomic E-state index is 14.7. The van der Waals surface area contributed by atoms with Crippen LogP contribution >= 0.6 is 11.3 Å². The zero-order valence-corrected chi connectivity index (χ0v) is 18.1. The Kier molecular flexibility index (Phi) is 5.62. The lowest BCUT2D eigenvalue weighted by atomic mass is 9.85. The molecule has 0 fully saturated rings. The van der Waals surface area contributed by atoms with Gasteiger partial charge in [0.25, 0.3) is 0 Å². The fourth-order valence-corrected chi connectivity index (χ4v) is 4.81. The SMILES string of the molecule is CC.COC1=CC12C(c1cccs1)C(c1ccc(F)cc1)=NN2c1ccc(F)cc1F. The predicted octanol–water partition coefficient (Wildman–Crippen LogP) is 6.48. The summed E-state index contributed by atoms with van der Waals surface area (Å²) >= 11 is 1.56. The first-order valence-corrected chi connectivity index (χ1v) is 10.8. The average Bonchev–Trinajstić information content (AvgIpc) is 3.08. The molecule has 2 aromatic carbocycles. The monoisotopic (exact) mass is 442 g/mol. The molecule has 5 rings (SSSR count). The van der Waals surface area contributed by atoms with Gasteiger partial charge in [-0.25, -0.2) is 18.2 Å². The largest absolute Gasteiger partial charge is 0.498 e. The minimum absolute atomic E-state index is 0.147. The molecule has 0 radical (unpaired) electrons. The molecular formula is C24H21F3N2OS. The maximum absolute atomic E-state index is 14.7. The molecule has 2 unspecified atom stereocenters. The van der Waals surface area contributed by atoms with Gasteiger partial charge in [0.1, 0.15) is 17.4 Å². The minimum atomic E-state index is -0.817. The fraction of sp³-hybridized carbons (Fsp3) is 0.208. The molecule has 3 aromatic rings. The molecule has 1 aliphatic heterocycles. The molecule has 0 saturated carbocycles. The third kappa shape index (κ3) is 3.43. The van der Waals surface area contributed by atoms with Crippen LogP contribution in [-0.4, -0.2) is 18.4 Å². The summed E-state index contributed by atoms with van der Waals surface area (Å²) in [6.07, 6.45) is 1.89. The minimum Gasteiger partial charge on any atom is -0.498 e. The van der Waals surface area contributed by atoms with E-state index >= 15 is 0 Å². The van der Waals surface area contributed by atoms with E-state index in [4.69, 9.17) is 9.84 Å². The van der Waals surface area contributed by atoms with E-state index in [-0.39, 0.29) is 17.4 Å². The van der Waals surface area contributed by atoms with Gasteiger partial charge in [0.05, 0.1) is 24.4 Å². The van der Waals surface area contributed by atoms with E-state index < -0.39 is 17.2 Å². The van der Waals surface area contributed by atoms with E-state index in [1.165, 1.54) is 24.3 Å². The lowest BCUT2D eigenvalue weighted by molar-refractivity contribution is 0.279. The highest BCUT2D eigenvalue weighted by Gasteiger charge is 2.64. The van der Waals surface area contributed by atoms with Crippen molar-refractivity contribution >= 4 is 22.7 Å². The van der Waals surface area contributed by atoms with Crippen molar-refractivity contribution in [2.75, 3.05) is 12.1 Å². The van der Waals surface area contributed by atoms with Gasteiger partial charge in [0.15, 0.2) is 11.4 Å². The highest BCUT2D eigenvalue weighted by molar-refractivity contribution is 7.10.